The van der Waals surface area contributed by atoms with E-state index in [2.05, 4.69) is 160 Å². The van der Waals surface area contributed by atoms with Gasteiger partial charge >= 0.3 is 0 Å². The molecule has 1 heterocycles. The van der Waals surface area contributed by atoms with Crippen molar-refractivity contribution in [1.29, 1.82) is 0 Å². The van der Waals surface area contributed by atoms with Crippen LogP contribution in [0, 0.1) is 13.1 Å². The van der Waals surface area contributed by atoms with E-state index in [0.717, 1.165) is 32.9 Å². The summed E-state index contributed by atoms with van der Waals surface area (Å²) in [5.74, 6) is 0. The first kappa shape index (κ1) is 29.0. The van der Waals surface area contributed by atoms with E-state index < -0.39 is 8.07 Å². The molecule has 224 valence electrons. The molecular formula is C44H29N3Si. The van der Waals surface area contributed by atoms with Crippen molar-refractivity contribution in [2.24, 2.45) is 0 Å². The molecule has 0 fully saturated rings. The molecule has 0 amide bonds. The number of fused-ring (bicyclic) bond motifs is 3. The number of hydrogen-bond acceptors (Lipinski definition) is 0. The number of aromatic nitrogens is 1. The molecule has 1 aromatic heterocycles. The van der Waals surface area contributed by atoms with Gasteiger partial charge in [0.1, 0.15) is 0 Å². The first-order chi connectivity index (χ1) is 23.7. The summed E-state index contributed by atoms with van der Waals surface area (Å²) < 4.78 is 2.15. The minimum absolute atomic E-state index is 0.349. The molecule has 0 saturated carbocycles. The monoisotopic (exact) mass is 627 g/mol. The fraction of sp³-hybridized carbons (Fsp3) is 0. The van der Waals surface area contributed by atoms with E-state index in [-0.39, 0.29) is 0 Å². The van der Waals surface area contributed by atoms with Crippen molar-refractivity contribution in [3.63, 3.8) is 0 Å². The van der Waals surface area contributed by atoms with E-state index in [0.29, 0.717) is 17.1 Å². The van der Waals surface area contributed by atoms with E-state index in [1.165, 1.54) is 20.7 Å². The van der Waals surface area contributed by atoms with Crippen molar-refractivity contribution in [2.45, 2.75) is 0 Å². The first-order valence-electron chi connectivity index (χ1n) is 15.9. The number of rotatable bonds is 6. The van der Waals surface area contributed by atoms with Gasteiger partial charge in [0.25, 0.3) is 0 Å². The summed E-state index contributed by atoms with van der Waals surface area (Å²) in [5.41, 5.74) is 5.36. The first-order valence-corrected chi connectivity index (χ1v) is 17.9. The quantitative estimate of drug-likeness (QED) is 0.0993. The van der Waals surface area contributed by atoms with E-state index in [1.54, 1.807) is 0 Å². The molecule has 0 aliphatic rings. The predicted octanol–water partition coefficient (Wildman–Crippen LogP) is 8.93. The van der Waals surface area contributed by atoms with E-state index >= 15 is 0 Å². The highest BCUT2D eigenvalue weighted by atomic mass is 28.3. The molecule has 0 aliphatic carbocycles. The molecule has 8 rings (SSSR count). The average Bonchev–Trinajstić information content (AvgIpc) is 3.50. The molecule has 0 unspecified atom stereocenters. The summed E-state index contributed by atoms with van der Waals surface area (Å²) in [7, 11) is -2.76. The summed E-state index contributed by atoms with van der Waals surface area (Å²) in [6.07, 6.45) is 0. The predicted molar refractivity (Wildman–Crippen MR) is 202 cm³/mol. The molecule has 0 N–H and O–H groups in total. The maximum Gasteiger partial charge on any atom is 0.217 e. The van der Waals surface area contributed by atoms with E-state index in [9.17, 15) is 0 Å². The third kappa shape index (κ3) is 4.55. The van der Waals surface area contributed by atoms with Crippen LogP contribution < -0.4 is 20.7 Å². The Balaban J connectivity index is 1.42. The molecule has 0 radical (unpaired) electrons. The third-order valence-corrected chi connectivity index (χ3v) is 14.1. The summed E-state index contributed by atoms with van der Waals surface area (Å²) in [5, 5.41) is 7.39. The van der Waals surface area contributed by atoms with Gasteiger partial charge in [0.15, 0.2) is 13.8 Å². The fourth-order valence-electron chi connectivity index (χ4n) is 7.32. The molecule has 0 aliphatic heterocycles. The lowest BCUT2D eigenvalue weighted by Crippen LogP contribution is -2.74. The Hall–Kier alpha value is -6.46. The van der Waals surface area contributed by atoms with Gasteiger partial charge in [-0.3, -0.25) is 0 Å². The second kappa shape index (κ2) is 12.0. The highest BCUT2D eigenvalue weighted by Gasteiger charge is 2.41. The van der Waals surface area contributed by atoms with Crippen molar-refractivity contribution < 1.29 is 0 Å². The van der Waals surface area contributed by atoms with Crippen molar-refractivity contribution >= 4 is 62.0 Å². The van der Waals surface area contributed by atoms with Gasteiger partial charge in [0, 0.05) is 16.5 Å². The van der Waals surface area contributed by atoms with E-state index in [1.807, 2.05) is 30.3 Å². The molecule has 4 heteroatoms. The Labute approximate surface area is 281 Å². The zero-order valence-electron chi connectivity index (χ0n) is 26.1. The van der Waals surface area contributed by atoms with Gasteiger partial charge in [-0.05, 0) is 50.1 Å². The fourth-order valence-corrected chi connectivity index (χ4v) is 12.1. The van der Waals surface area contributed by atoms with Crippen LogP contribution in [0.1, 0.15) is 0 Å². The van der Waals surface area contributed by atoms with Crippen LogP contribution in [-0.2, 0) is 0 Å². The van der Waals surface area contributed by atoms with Gasteiger partial charge in [0.05, 0.1) is 24.2 Å². The van der Waals surface area contributed by atoms with Gasteiger partial charge in [-0.2, -0.15) is 0 Å². The Morgan fingerprint density at radius 3 is 1.40 bits per heavy atom. The summed E-state index contributed by atoms with van der Waals surface area (Å²) >= 11 is 0. The molecule has 0 saturated heterocycles. The van der Waals surface area contributed by atoms with Gasteiger partial charge in [0.2, 0.25) is 5.69 Å². The van der Waals surface area contributed by atoms with Crippen LogP contribution in [0.2, 0.25) is 0 Å². The highest BCUT2D eigenvalue weighted by molar-refractivity contribution is 7.19. The Kier molecular flexibility index (Phi) is 7.27. The maximum absolute atomic E-state index is 8.20. The Bertz CT molecular complexity index is 2370. The lowest BCUT2D eigenvalue weighted by molar-refractivity contribution is 1.19. The molecule has 8 aromatic rings. The van der Waals surface area contributed by atoms with Crippen LogP contribution in [-0.4, -0.2) is 12.6 Å². The largest absolute Gasteiger partial charge is 0.320 e. The molecule has 3 nitrogen and oxygen atoms in total. The molecule has 48 heavy (non-hydrogen) atoms. The number of benzene rings is 7. The van der Waals surface area contributed by atoms with Crippen LogP contribution in [0.15, 0.2) is 176 Å². The zero-order chi connectivity index (χ0) is 32.5. The van der Waals surface area contributed by atoms with Crippen molar-refractivity contribution in [3.8, 4) is 16.8 Å². The van der Waals surface area contributed by atoms with Crippen LogP contribution in [0.3, 0.4) is 0 Å². The van der Waals surface area contributed by atoms with Crippen molar-refractivity contribution in [2.75, 3.05) is 0 Å². The van der Waals surface area contributed by atoms with Gasteiger partial charge in [-0.15, -0.1) is 0 Å². The molecule has 7 aromatic carbocycles. The number of hydrogen-bond donors (Lipinski definition) is 0. The minimum atomic E-state index is -2.76. The second-order valence-electron chi connectivity index (χ2n) is 11.9. The van der Waals surface area contributed by atoms with Crippen LogP contribution in [0.25, 0.3) is 48.3 Å². The van der Waals surface area contributed by atoms with Crippen LogP contribution in [0.5, 0.6) is 0 Å². The topological polar surface area (TPSA) is 13.6 Å². The lowest BCUT2D eigenvalue weighted by atomic mass is 10.0. The van der Waals surface area contributed by atoms with Crippen molar-refractivity contribution in [3.05, 3.63) is 199 Å². The standard InChI is InChI=1S/C44H29N3Si/c1-45-40-30-33(31-43(44(40)46-2)47-41-27-14-12-25-38(41)39-26-13-15-28-42(39)47)32-17-16-24-37(29-32)48(34-18-6-3-7-19-34,35-20-8-4-9-21-35)36-22-10-5-11-23-36/h3-31H. The zero-order valence-corrected chi connectivity index (χ0v) is 27.1. The molecular weight excluding hydrogens is 599 g/mol. The van der Waals surface area contributed by atoms with Gasteiger partial charge < -0.3 is 4.57 Å². The summed E-state index contributed by atoms with van der Waals surface area (Å²) in [6, 6.07) is 62.0. The second-order valence-corrected chi connectivity index (χ2v) is 15.7. The number of nitrogens with zero attached hydrogens (tertiary/aromatic N) is 3. The third-order valence-electron chi connectivity index (χ3n) is 9.37. The summed E-state index contributed by atoms with van der Waals surface area (Å²) in [6.45, 7) is 16.4. The highest BCUT2D eigenvalue weighted by Crippen LogP contribution is 2.43. The van der Waals surface area contributed by atoms with Crippen LogP contribution >= 0.6 is 0 Å². The number of para-hydroxylation sites is 2. The summed E-state index contributed by atoms with van der Waals surface area (Å²) in [4.78, 5) is 7.85. The maximum atomic E-state index is 8.20. The minimum Gasteiger partial charge on any atom is -0.320 e. The normalized spacial score (nSPS) is 11.3. The molecule has 0 atom stereocenters. The van der Waals surface area contributed by atoms with Crippen molar-refractivity contribution in [1.82, 2.24) is 4.57 Å². The van der Waals surface area contributed by atoms with Gasteiger partial charge in [-0.1, -0.05) is 158 Å². The van der Waals surface area contributed by atoms with E-state index in [4.69, 9.17) is 13.1 Å². The lowest BCUT2D eigenvalue weighted by Gasteiger charge is -2.34. The smallest absolute Gasteiger partial charge is 0.217 e. The molecule has 0 spiro atoms. The Morgan fingerprint density at radius 2 is 0.896 bits per heavy atom. The van der Waals surface area contributed by atoms with Crippen LogP contribution in [0.4, 0.5) is 11.4 Å². The Morgan fingerprint density at radius 1 is 0.417 bits per heavy atom. The van der Waals surface area contributed by atoms with Gasteiger partial charge in [-0.25, -0.2) is 9.69 Å². The molecule has 0 bridgehead atoms. The average molecular weight is 628 g/mol. The SMILES string of the molecule is [C-]#[N+]c1cc(-c2cccc([Si](c3ccccc3)(c3ccccc3)c3ccccc3)c2)cc(-n2c3ccccc3c3ccccc32)c1[N+]#[C-].